The predicted molar refractivity (Wildman–Crippen MR) is 78.0 cm³/mol. The Balaban J connectivity index is 1.95. The van der Waals surface area contributed by atoms with Crippen molar-refractivity contribution in [1.82, 2.24) is 10.5 Å². The van der Waals surface area contributed by atoms with E-state index in [9.17, 15) is 9.59 Å². The van der Waals surface area contributed by atoms with Crippen LogP contribution in [0.4, 0.5) is 5.82 Å². The fourth-order valence-corrected chi connectivity index (χ4v) is 1.79. The van der Waals surface area contributed by atoms with Gasteiger partial charge in [-0.05, 0) is 32.9 Å². The number of anilines is 1. The molecule has 21 heavy (non-hydrogen) atoms. The number of hydrogen-bond donors (Lipinski definition) is 2. The monoisotopic (exact) mass is 287 g/mol. The van der Waals surface area contributed by atoms with E-state index in [-0.39, 0.29) is 11.8 Å². The molecule has 1 heterocycles. The van der Waals surface area contributed by atoms with E-state index in [1.54, 1.807) is 38.1 Å². The average Bonchev–Trinajstić information content (AvgIpc) is 2.84. The second-order valence-electron chi connectivity index (χ2n) is 4.88. The molecule has 1 aromatic carbocycles. The van der Waals surface area contributed by atoms with Gasteiger partial charge >= 0.3 is 0 Å². The van der Waals surface area contributed by atoms with E-state index in [0.717, 1.165) is 5.56 Å². The van der Waals surface area contributed by atoms with Crippen molar-refractivity contribution >= 4 is 17.6 Å². The first-order valence-corrected chi connectivity index (χ1v) is 6.57. The fraction of sp³-hybridized carbons (Fsp3) is 0.267. The van der Waals surface area contributed by atoms with E-state index < -0.39 is 6.04 Å². The van der Waals surface area contributed by atoms with Crippen LogP contribution in [0.3, 0.4) is 0 Å². The summed E-state index contributed by atoms with van der Waals surface area (Å²) in [6.45, 7) is 5.24. The minimum absolute atomic E-state index is 0.294. The Morgan fingerprint density at radius 2 is 2.00 bits per heavy atom. The third kappa shape index (κ3) is 3.92. The van der Waals surface area contributed by atoms with Gasteiger partial charge < -0.3 is 15.2 Å². The van der Waals surface area contributed by atoms with Gasteiger partial charge in [-0.3, -0.25) is 9.59 Å². The fourth-order valence-electron chi connectivity index (χ4n) is 1.79. The first-order valence-electron chi connectivity index (χ1n) is 6.57. The van der Waals surface area contributed by atoms with Crippen molar-refractivity contribution in [1.29, 1.82) is 0 Å². The Labute approximate surface area is 122 Å². The quantitative estimate of drug-likeness (QED) is 0.901. The van der Waals surface area contributed by atoms with Crippen molar-refractivity contribution in [3.05, 3.63) is 47.2 Å². The number of aromatic nitrogens is 1. The van der Waals surface area contributed by atoms with Crippen LogP contribution < -0.4 is 10.6 Å². The maximum Gasteiger partial charge on any atom is 0.251 e. The smallest absolute Gasteiger partial charge is 0.251 e. The van der Waals surface area contributed by atoms with Gasteiger partial charge in [-0.25, -0.2) is 0 Å². The largest absolute Gasteiger partial charge is 0.360 e. The summed E-state index contributed by atoms with van der Waals surface area (Å²) >= 11 is 0. The van der Waals surface area contributed by atoms with Crippen LogP contribution in [0, 0.1) is 13.8 Å². The summed E-state index contributed by atoms with van der Waals surface area (Å²) in [4.78, 5) is 24.0. The van der Waals surface area contributed by atoms with Crippen LogP contribution in [0.2, 0.25) is 0 Å². The molecule has 0 aliphatic carbocycles. The number of benzene rings is 1. The van der Waals surface area contributed by atoms with Crippen molar-refractivity contribution in [3.8, 4) is 0 Å². The van der Waals surface area contributed by atoms with Crippen LogP contribution in [0.25, 0.3) is 0 Å². The molecule has 6 nitrogen and oxygen atoms in total. The molecule has 0 fully saturated rings. The Morgan fingerprint density at radius 3 is 2.62 bits per heavy atom. The molecule has 2 amide bonds. The number of rotatable bonds is 4. The summed E-state index contributed by atoms with van der Waals surface area (Å²) in [5.41, 5.74) is 1.50. The predicted octanol–water partition coefficient (Wildman–Crippen LogP) is 2.05. The third-order valence-corrected chi connectivity index (χ3v) is 2.90. The molecule has 0 radical (unpaired) electrons. The number of nitrogens with zero attached hydrogens (tertiary/aromatic N) is 1. The Morgan fingerprint density at radius 1 is 1.24 bits per heavy atom. The van der Waals surface area contributed by atoms with E-state index in [0.29, 0.717) is 17.1 Å². The lowest BCUT2D eigenvalue weighted by molar-refractivity contribution is -0.117. The lowest BCUT2D eigenvalue weighted by Gasteiger charge is -2.13. The molecule has 2 N–H and O–H groups in total. The Kier molecular flexibility index (Phi) is 4.37. The van der Waals surface area contributed by atoms with Gasteiger partial charge in [0.25, 0.3) is 5.91 Å². The minimum atomic E-state index is -0.685. The SMILES string of the molecule is Cc1cccc(C(=O)NC(C)C(=O)Nc2cc(C)on2)c1. The third-order valence-electron chi connectivity index (χ3n) is 2.90. The van der Waals surface area contributed by atoms with E-state index in [1.165, 1.54) is 0 Å². The highest BCUT2D eigenvalue weighted by Gasteiger charge is 2.17. The lowest BCUT2D eigenvalue weighted by atomic mass is 10.1. The van der Waals surface area contributed by atoms with Crippen LogP contribution in [0.15, 0.2) is 34.9 Å². The van der Waals surface area contributed by atoms with Gasteiger partial charge in [-0.1, -0.05) is 22.9 Å². The highest BCUT2D eigenvalue weighted by Crippen LogP contribution is 2.08. The summed E-state index contributed by atoms with van der Waals surface area (Å²) in [7, 11) is 0. The van der Waals surface area contributed by atoms with Crippen LogP contribution >= 0.6 is 0 Å². The van der Waals surface area contributed by atoms with Gasteiger partial charge in [0.15, 0.2) is 5.82 Å². The van der Waals surface area contributed by atoms with E-state index in [2.05, 4.69) is 15.8 Å². The molecule has 0 aliphatic rings. The number of amides is 2. The molecule has 1 unspecified atom stereocenters. The van der Waals surface area contributed by atoms with Gasteiger partial charge in [0.05, 0.1) is 0 Å². The molecular formula is C15H17N3O3. The number of aryl methyl sites for hydroxylation is 2. The highest BCUT2D eigenvalue weighted by molar-refractivity contribution is 6.00. The minimum Gasteiger partial charge on any atom is -0.360 e. The number of nitrogens with one attached hydrogen (secondary N) is 2. The number of carbonyl (C=O) groups excluding carboxylic acids is 2. The molecule has 2 aromatic rings. The molecule has 0 bridgehead atoms. The molecular weight excluding hydrogens is 270 g/mol. The number of carbonyl (C=O) groups is 2. The van der Waals surface area contributed by atoms with Crippen molar-refractivity contribution in [3.63, 3.8) is 0 Å². The van der Waals surface area contributed by atoms with Gasteiger partial charge in [0, 0.05) is 11.6 Å². The van der Waals surface area contributed by atoms with Crippen molar-refractivity contribution in [2.45, 2.75) is 26.8 Å². The molecule has 1 aromatic heterocycles. The molecule has 0 aliphatic heterocycles. The zero-order valence-electron chi connectivity index (χ0n) is 12.1. The van der Waals surface area contributed by atoms with Crippen molar-refractivity contribution in [2.75, 3.05) is 5.32 Å². The van der Waals surface area contributed by atoms with Crippen LogP contribution in [0.1, 0.15) is 28.6 Å². The Hall–Kier alpha value is -2.63. The highest BCUT2D eigenvalue weighted by atomic mass is 16.5. The van der Waals surface area contributed by atoms with Crippen molar-refractivity contribution in [2.24, 2.45) is 0 Å². The van der Waals surface area contributed by atoms with E-state index in [1.807, 2.05) is 13.0 Å². The molecule has 6 heteroatoms. The van der Waals surface area contributed by atoms with Gasteiger partial charge in [-0.2, -0.15) is 0 Å². The summed E-state index contributed by atoms with van der Waals surface area (Å²) in [5, 5.41) is 8.88. The average molecular weight is 287 g/mol. The van der Waals surface area contributed by atoms with Crippen molar-refractivity contribution < 1.29 is 14.1 Å². The summed E-state index contributed by atoms with van der Waals surface area (Å²) in [6.07, 6.45) is 0. The zero-order chi connectivity index (χ0) is 15.4. The summed E-state index contributed by atoms with van der Waals surface area (Å²) in [5.74, 6) is 0.276. The standard InChI is InChI=1S/C15H17N3O3/c1-9-5-4-6-12(7-9)15(20)16-11(3)14(19)17-13-8-10(2)21-18-13/h4-8,11H,1-3H3,(H,16,20)(H,17,18,19). The van der Waals surface area contributed by atoms with Crippen LogP contribution in [-0.4, -0.2) is 23.0 Å². The molecule has 0 saturated heterocycles. The maximum absolute atomic E-state index is 12.0. The summed E-state index contributed by atoms with van der Waals surface area (Å²) < 4.78 is 4.86. The summed E-state index contributed by atoms with van der Waals surface area (Å²) in [6, 6.07) is 8.09. The second-order valence-corrected chi connectivity index (χ2v) is 4.88. The van der Waals surface area contributed by atoms with Gasteiger partial charge in [-0.15, -0.1) is 0 Å². The van der Waals surface area contributed by atoms with E-state index >= 15 is 0 Å². The Bertz CT molecular complexity index is 664. The van der Waals surface area contributed by atoms with Gasteiger partial charge in [0.2, 0.25) is 5.91 Å². The zero-order valence-corrected chi connectivity index (χ0v) is 12.1. The molecule has 0 spiro atoms. The van der Waals surface area contributed by atoms with E-state index in [4.69, 9.17) is 4.52 Å². The molecule has 1 atom stereocenters. The van der Waals surface area contributed by atoms with Crippen LogP contribution in [0.5, 0.6) is 0 Å². The number of hydrogen-bond acceptors (Lipinski definition) is 4. The van der Waals surface area contributed by atoms with Gasteiger partial charge in [0.1, 0.15) is 11.8 Å². The molecule has 110 valence electrons. The first kappa shape index (κ1) is 14.8. The topological polar surface area (TPSA) is 84.2 Å². The molecule has 2 rings (SSSR count). The first-order chi connectivity index (χ1) is 9.95. The maximum atomic E-state index is 12.0. The normalized spacial score (nSPS) is 11.8. The van der Waals surface area contributed by atoms with Crippen LogP contribution in [-0.2, 0) is 4.79 Å². The molecule has 0 saturated carbocycles. The second kappa shape index (κ2) is 6.21. The lowest BCUT2D eigenvalue weighted by Crippen LogP contribution is -2.41.